The number of piperazine rings is 1. The lowest BCUT2D eigenvalue weighted by atomic mass is 9.82. The maximum absolute atomic E-state index is 13.4. The Kier molecular flexibility index (Phi) is 9.37. The van der Waals surface area contributed by atoms with Crippen molar-refractivity contribution in [2.24, 2.45) is 5.92 Å². The zero-order chi connectivity index (χ0) is 30.1. The first-order chi connectivity index (χ1) is 20.0. The number of amides is 1. The number of sulfonamides is 1. The fourth-order valence-corrected chi connectivity index (χ4v) is 8.61. The summed E-state index contributed by atoms with van der Waals surface area (Å²) in [5.41, 5.74) is 3.53. The van der Waals surface area contributed by atoms with Crippen molar-refractivity contribution in [3.05, 3.63) is 59.2 Å². The van der Waals surface area contributed by atoms with Gasteiger partial charge in [-0.25, -0.2) is 22.7 Å². The Labute approximate surface area is 252 Å². The molecule has 3 saturated heterocycles. The molecule has 9 nitrogen and oxygen atoms in total. The Morgan fingerprint density at radius 1 is 0.976 bits per heavy atom. The first-order valence-corrected chi connectivity index (χ1v) is 17.3. The fourth-order valence-electron chi connectivity index (χ4n) is 7.48. The van der Waals surface area contributed by atoms with Gasteiger partial charge in [-0.2, -0.15) is 0 Å². The summed E-state index contributed by atoms with van der Waals surface area (Å²) in [5, 5.41) is 0. The Balaban J connectivity index is 1.25. The SMILES string of the molecule is CCS(=O)(=O)N1CCC([C@@H](c2ccccc2)N2CCN(C3(C)CCN(C(=O)c4c(C)ncnc4C)CC3)C[C@@H]2C)CC1. The quantitative estimate of drug-likeness (QED) is 0.479. The monoisotopic (exact) mass is 596 g/mol. The minimum Gasteiger partial charge on any atom is -0.338 e. The molecule has 230 valence electrons. The van der Waals surface area contributed by atoms with E-state index in [0.717, 1.165) is 69.8 Å². The number of nitrogens with zero attached hydrogens (tertiary/aromatic N) is 6. The second kappa shape index (κ2) is 12.7. The number of likely N-dealkylation sites (tertiary alicyclic amines) is 1. The largest absolute Gasteiger partial charge is 0.338 e. The van der Waals surface area contributed by atoms with Crippen molar-refractivity contribution >= 4 is 15.9 Å². The average Bonchev–Trinajstić information content (AvgIpc) is 2.99. The van der Waals surface area contributed by atoms with Gasteiger partial charge in [0.25, 0.3) is 5.91 Å². The first-order valence-electron chi connectivity index (χ1n) is 15.6. The van der Waals surface area contributed by atoms with E-state index in [0.29, 0.717) is 30.6 Å². The van der Waals surface area contributed by atoms with Crippen LogP contribution in [0.2, 0.25) is 0 Å². The third kappa shape index (κ3) is 6.27. The lowest BCUT2D eigenvalue weighted by Gasteiger charge is -2.54. The van der Waals surface area contributed by atoms with E-state index in [4.69, 9.17) is 0 Å². The molecule has 3 fully saturated rings. The highest BCUT2D eigenvalue weighted by atomic mass is 32.2. The standard InChI is InChI=1S/C32H48N6O3S/c1-6-42(40,41)37-16-12-28(13-17-37)30(27-10-8-7-9-11-27)38-21-20-36(22-24(38)2)32(5)14-18-35(19-15-32)31(39)29-25(3)33-23-34-26(29)4/h7-11,23-24,28,30H,6,12-22H2,1-5H3/t24-,30+/m0/s1. The lowest BCUT2D eigenvalue weighted by Crippen LogP contribution is -2.63. The Morgan fingerprint density at radius 3 is 2.17 bits per heavy atom. The molecule has 0 spiro atoms. The van der Waals surface area contributed by atoms with Crippen LogP contribution in [0.3, 0.4) is 0 Å². The van der Waals surface area contributed by atoms with E-state index in [1.807, 2.05) is 18.7 Å². The van der Waals surface area contributed by atoms with Gasteiger partial charge in [0, 0.05) is 63.4 Å². The first kappa shape index (κ1) is 31.0. The molecule has 0 aliphatic carbocycles. The van der Waals surface area contributed by atoms with Crippen molar-refractivity contribution in [2.75, 3.05) is 51.6 Å². The van der Waals surface area contributed by atoms with Gasteiger partial charge in [0.2, 0.25) is 10.0 Å². The summed E-state index contributed by atoms with van der Waals surface area (Å²) in [4.78, 5) is 29.2. The highest BCUT2D eigenvalue weighted by molar-refractivity contribution is 7.89. The predicted octanol–water partition coefficient (Wildman–Crippen LogP) is 3.90. The molecule has 0 radical (unpaired) electrons. The van der Waals surface area contributed by atoms with Crippen LogP contribution in [0.15, 0.2) is 36.7 Å². The number of piperidine rings is 2. The van der Waals surface area contributed by atoms with Gasteiger partial charge >= 0.3 is 0 Å². The molecule has 2 atom stereocenters. The molecule has 0 N–H and O–H groups in total. The predicted molar refractivity (Wildman–Crippen MR) is 166 cm³/mol. The summed E-state index contributed by atoms with van der Waals surface area (Å²) < 4.78 is 26.7. The zero-order valence-electron chi connectivity index (χ0n) is 26.0. The number of aryl methyl sites for hydroxylation is 2. The maximum Gasteiger partial charge on any atom is 0.257 e. The van der Waals surface area contributed by atoms with Gasteiger partial charge in [-0.3, -0.25) is 14.6 Å². The van der Waals surface area contributed by atoms with Crippen LogP contribution < -0.4 is 0 Å². The summed E-state index contributed by atoms with van der Waals surface area (Å²) >= 11 is 0. The van der Waals surface area contributed by atoms with Crippen molar-refractivity contribution in [3.8, 4) is 0 Å². The normalized spacial score (nSPS) is 24.0. The van der Waals surface area contributed by atoms with Crippen LogP contribution in [0.25, 0.3) is 0 Å². The molecule has 5 rings (SSSR count). The molecule has 1 aromatic carbocycles. The van der Waals surface area contributed by atoms with Crippen LogP contribution in [0, 0.1) is 19.8 Å². The molecule has 0 unspecified atom stereocenters. The molecule has 3 aliphatic rings. The molecule has 42 heavy (non-hydrogen) atoms. The number of hydrogen-bond donors (Lipinski definition) is 0. The van der Waals surface area contributed by atoms with Crippen LogP contribution in [0.1, 0.15) is 79.8 Å². The van der Waals surface area contributed by atoms with Gasteiger partial charge in [-0.15, -0.1) is 0 Å². The van der Waals surface area contributed by atoms with Crippen LogP contribution in [-0.2, 0) is 10.0 Å². The van der Waals surface area contributed by atoms with E-state index < -0.39 is 10.0 Å². The van der Waals surface area contributed by atoms with E-state index in [1.54, 1.807) is 11.2 Å². The molecule has 4 heterocycles. The molecule has 0 bridgehead atoms. The summed E-state index contributed by atoms with van der Waals surface area (Å²) in [6.45, 7) is 15.9. The number of benzene rings is 1. The van der Waals surface area contributed by atoms with Gasteiger partial charge < -0.3 is 4.90 Å². The molecular formula is C32H48N6O3S. The smallest absolute Gasteiger partial charge is 0.257 e. The van der Waals surface area contributed by atoms with Crippen LogP contribution >= 0.6 is 0 Å². The Hall–Kier alpha value is -2.40. The van der Waals surface area contributed by atoms with Gasteiger partial charge in [0.05, 0.1) is 22.7 Å². The van der Waals surface area contributed by atoms with E-state index in [1.165, 1.54) is 11.9 Å². The number of hydrogen-bond acceptors (Lipinski definition) is 7. The third-order valence-corrected chi connectivity index (χ3v) is 12.1. The van der Waals surface area contributed by atoms with Crippen molar-refractivity contribution in [2.45, 2.75) is 77.9 Å². The number of aromatic nitrogens is 2. The van der Waals surface area contributed by atoms with E-state index in [9.17, 15) is 13.2 Å². The molecule has 3 aliphatic heterocycles. The summed E-state index contributed by atoms with van der Waals surface area (Å²) in [6.07, 6.45) is 5.20. The lowest BCUT2D eigenvalue weighted by molar-refractivity contribution is -0.0421. The number of carbonyl (C=O) groups is 1. The average molecular weight is 597 g/mol. The minimum absolute atomic E-state index is 0.0503. The highest BCUT2D eigenvalue weighted by Crippen LogP contribution is 2.40. The number of carbonyl (C=O) groups excluding carboxylic acids is 1. The van der Waals surface area contributed by atoms with Gasteiger partial charge in [0.1, 0.15) is 6.33 Å². The zero-order valence-corrected chi connectivity index (χ0v) is 26.8. The molecule has 0 saturated carbocycles. The molecule has 2 aromatic rings. The second-order valence-corrected chi connectivity index (χ2v) is 15.0. The molecule has 1 aromatic heterocycles. The second-order valence-electron chi connectivity index (χ2n) is 12.7. The van der Waals surface area contributed by atoms with Crippen molar-refractivity contribution in [3.63, 3.8) is 0 Å². The van der Waals surface area contributed by atoms with Gasteiger partial charge in [-0.05, 0) is 71.8 Å². The van der Waals surface area contributed by atoms with E-state index >= 15 is 0 Å². The molecule has 10 heteroatoms. The van der Waals surface area contributed by atoms with Crippen LogP contribution in [0.5, 0.6) is 0 Å². The highest BCUT2D eigenvalue weighted by Gasteiger charge is 2.43. The molecule has 1 amide bonds. The summed E-state index contributed by atoms with van der Waals surface area (Å²) in [5.74, 6) is 0.640. The maximum atomic E-state index is 13.4. The minimum atomic E-state index is -3.14. The van der Waals surface area contributed by atoms with Gasteiger partial charge in [-0.1, -0.05) is 30.3 Å². The van der Waals surface area contributed by atoms with Crippen LogP contribution in [0.4, 0.5) is 0 Å². The topological polar surface area (TPSA) is 90.0 Å². The summed E-state index contributed by atoms with van der Waals surface area (Å²) in [6, 6.07) is 11.5. The summed E-state index contributed by atoms with van der Waals surface area (Å²) in [7, 11) is -3.14. The molecular weight excluding hydrogens is 548 g/mol. The van der Waals surface area contributed by atoms with E-state index in [-0.39, 0.29) is 23.2 Å². The number of rotatable bonds is 7. The third-order valence-electron chi connectivity index (χ3n) is 10.2. The van der Waals surface area contributed by atoms with Crippen molar-refractivity contribution < 1.29 is 13.2 Å². The fraction of sp³-hybridized carbons (Fsp3) is 0.656. The van der Waals surface area contributed by atoms with Crippen molar-refractivity contribution in [1.82, 2.24) is 29.0 Å². The van der Waals surface area contributed by atoms with E-state index in [2.05, 4.69) is 63.9 Å². The van der Waals surface area contributed by atoms with Gasteiger partial charge in [0.15, 0.2) is 0 Å². The Bertz CT molecular complexity index is 1320. The van der Waals surface area contributed by atoms with Crippen molar-refractivity contribution in [1.29, 1.82) is 0 Å². The van der Waals surface area contributed by atoms with Crippen LogP contribution in [-0.4, -0.2) is 106 Å². The Morgan fingerprint density at radius 2 is 1.60 bits per heavy atom.